The van der Waals surface area contributed by atoms with Crippen molar-refractivity contribution in [1.82, 2.24) is 4.90 Å². The van der Waals surface area contributed by atoms with Crippen molar-refractivity contribution < 1.29 is 9.53 Å². The zero-order valence-corrected chi connectivity index (χ0v) is 12.7. The molecule has 1 aliphatic carbocycles. The SMILES string of the molecule is CN(CCN)C(=O)OCC1c2ccccc2-c2ccccc21. The highest BCUT2D eigenvalue weighted by atomic mass is 16.6. The zero-order chi connectivity index (χ0) is 15.5. The summed E-state index contributed by atoms with van der Waals surface area (Å²) in [6, 6.07) is 16.6. The second-order valence-corrected chi connectivity index (χ2v) is 5.51. The third kappa shape index (κ3) is 2.57. The van der Waals surface area contributed by atoms with E-state index in [-0.39, 0.29) is 12.0 Å². The zero-order valence-electron chi connectivity index (χ0n) is 12.7. The maximum atomic E-state index is 12.0. The Labute approximate surface area is 130 Å². The lowest BCUT2D eigenvalue weighted by atomic mass is 9.98. The summed E-state index contributed by atoms with van der Waals surface area (Å²) in [5.41, 5.74) is 10.4. The van der Waals surface area contributed by atoms with Crippen LogP contribution in [0.15, 0.2) is 48.5 Å². The monoisotopic (exact) mass is 296 g/mol. The molecule has 0 aliphatic heterocycles. The molecule has 0 saturated heterocycles. The molecule has 0 saturated carbocycles. The molecule has 2 aromatic carbocycles. The van der Waals surface area contributed by atoms with Crippen LogP contribution in [0.4, 0.5) is 4.79 Å². The highest BCUT2D eigenvalue weighted by Crippen LogP contribution is 2.44. The van der Waals surface area contributed by atoms with Crippen LogP contribution in [0, 0.1) is 0 Å². The molecule has 0 aromatic heterocycles. The fraction of sp³-hybridized carbons (Fsp3) is 0.278. The van der Waals surface area contributed by atoms with Gasteiger partial charge in [0.2, 0.25) is 0 Å². The lowest BCUT2D eigenvalue weighted by molar-refractivity contribution is 0.109. The molecule has 3 rings (SSSR count). The van der Waals surface area contributed by atoms with Gasteiger partial charge in [0.05, 0.1) is 0 Å². The Morgan fingerprint density at radius 3 is 2.18 bits per heavy atom. The summed E-state index contributed by atoms with van der Waals surface area (Å²) in [6.45, 7) is 1.28. The number of hydrogen-bond acceptors (Lipinski definition) is 3. The third-order valence-corrected chi connectivity index (χ3v) is 4.11. The molecule has 0 unspecified atom stereocenters. The van der Waals surface area contributed by atoms with Gasteiger partial charge in [-0.15, -0.1) is 0 Å². The Bertz CT molecular complexity index is 639. The molecule has 4 nitrogen and oxygen atoms in total. The van der Waals surface area contributed by atoms with Crippen molar-refractivity contribution in [2.75, 3.05) is 26.7 Å². The molecule has 0 spiro atoms. The van der Waals surface area contributed by atoms with Crippen molar-refractivity contribution in [2.24, 2.45) is 5.73 Å². The van der Waals surface area contributed by atoms with Gasteiger partial charge in [0, 0.05) is 26.1 Å². The molecule has 2 aromatic rings. The largest absolute Gasteiger partial charge is 0.448 e. The lowest BCUT2D eigenvalue weighted by Crippen LogP contribution is -2.33. The molecule has 0 heterocycles. The Hall–Kier alpha value is -2.33. The Morgan fingerprint density at radius 1 is 1.09 bits per heavy atom. The van der Waals surface area contributed by atoms with E-state index >= 15 is 0 Å². The maximum absolute atomic E-state index is 12.0. The molecular formula is C18H20N2O2. The summed E-state index contributed by atoms with van der Waals surface area (Å²) in [5.74, 6) is 0.0997. The number of hydrogen-bond donors (Lipinski definition) is 1. The normalized spacial score (nSPS) is 12.6. The topological polar surface area (TPSA) is 55.6 Å². The van der Waals surface area contributed by atoms with Crippen LogP contribution in [0.1, 0.15) is 17.0 Å². The number of nitrogens with two attached hydrogens (primary N) is 1. The van der Waals surface area contributed by atoms with E-state index in [0.717, 1.165) is 0 Å². The van der Waals surface area contributed by atoms with E-state index < -0.39 is 0 Å². The number of amides is 1. The van der Waals surface area contributed by atoms with Crippen molar-refractivity contribution in [1.29, 1.82) is 0 Å². The predicted octanol–water partition coefficient (Wildman–Crippen LogP) is 2.83. The van der Waals surface area contributed by atoms with Crippen molar-refractivity contribution in [3.05, 3.63) is 59.7 Å². The fourth-order valence-electron chi connectivity index (χ4n) is 2.99. The van der Waals surface area contributed by atoms with E-state index in [9.17, 15) is 4.79 Å². The van der Waals surface area contributed by atoms with Gasteiger partial charge in [-0.25, -0.2) is 4.79 Å². The smallest absolute Gasteiger partial charge is 0.409 e. The Kier molecular flexibility index (Phi) is 4.11. The minimum absolute atomic E-state index is 0.0997. The first kappa shape index (κ1) is 14.6. The lowest BCUT2D eigenvalue weighted by Gasteiger charge is -2.19. The number of fused-ring (bicyclic) bond motifs is 3. The summed E-state index contributed by atoms with van der Waals surface area (Å²) < 4.78 is 5.49. The molecule has 22 heavy (non-hydrogen) atoms. The Balaban J connectivity index is 1.81. The van der Waals surface area contributed by atoms with Gasteiger partial charge in [-0.1, -0.05) is 48.5 Å². The molecule has 1 aliphatic rings. The van der Waals surface area contributed by atoms with Gasteiger partial charge in [-0.3, -0.25) is 0 Å². The summed E-state index contributed by atoms with van der Waals surface area (Å²) in [6.07, 6.45) is -0.327. The second-order valence-electron chi connectivity index (χ2n) is 5.51. The standard InChI is InChI=1S/C18H20N2O2/c1-20(11-10-19)18(21)22-12-17-15-8-4-2-6-13(15)14-7-3-5-9-16(14)17/h2-9,17H,10-12,19H2,1H3. The summed E-state index contributed by atoms with van der Waals surface area (Å²) >= 11 is 0. The quantitative estimate of drug-likeness (QED) is 0.944. The molecule has 0 radical (unpaired) electrons. The van der Waals surface area contributed by atoms with Gasteiger partial charge >= 0.3 is 6.09 Å². The van der Waals surface area contributed by atoms with Crippen molar-refractivity contribution in [2.45, 2.75) is 5.92 Å². The first-order valence-corrected chi connectivity index (χ1v) is 7.48. The van der Waals surface area contributed by atoms with Crippen LogP contribution in [0.5, 0.6) is 0 Å². The maximum Gasteiger partial charge on any atom is 0.409 e. The average Bonchev–Trinajstić information content (AvgIpc) is 2.87. The van der Waals surface area contributed by atoms with Crippen molar-refractivity contribution >= 4 is 6.09 Å². The van der Waals surface area contributed by atoms with Crippen LogP contribution in [0.3, 0.4) is 0 Å². The van der Waals surface area contributed by atoms with Crippen LogP contribution < -0.4 is 5.73 Å². The molecule has 2 N–H and O–H groups in total. The number of rotatable bonds is 4. The van der Waals surface area contributed by atoms with Crippen LogP contribution in [0.2, 0.25) is 0 Å². The second kappa shape index (κ2) is 6.20. The van der Waals surface area contributed by atoms with E-state index in [0.29, 0.717) is 19.7 Å². The highest BCUT2D eigenvalue weighted by Gasteiger charge is 2.29. The van der Waals surface area contributed by atoms with Crippen LogP contribution in [0.25, 0.3) is 11.1 Å². The minimum Gasteiger partial charge on any atom is -0.448 e. The minimum atomic E-state index is -0.327. The predicted molar refractivity (Wildman–Crippen MR) is 86.8 cm³/mol. The molecule has 0 fully saturated rings. The number of carbonyl (C=O) groups is 1. The van der Waals surface area contributed by atoms with E-state index in [1.54, 1.807) is 7.05 Å². The Morgan fingerprint density at radius 2 is 1.64 bits per heavy atom. The number of ether oxygens (including phenoxy) is 1. The van der Waals surface area contributed by atoms with Gasteiger partial charge in [0.15, 0.2) is 0 Å². The van der Waals surface area contributed by atoms with Crippen LogP contribution >= 0.6 is 0 Å². The average molecular weight is 296 g/mol. The van der Waals surface area contributed by atoms with Gasteiger partial charge < -0.3 is 15.4 Å². The van der Waals surface area contributed by atoms with Gasteiger partial charge in [-0.05, 0) is 22.3 Å². The van der Waals surface area contributed by atoms with Crippen LogP contribution in [-0.2, 0) is 4.74 Å². The van der Waals surface area contributed by atoms with Crippen molar-refractivity contribution in [3.63, 3.8) is 0 Å². The third-order valence-electron chi connectivity index (χ3n) is 4.11. The van der Waals surface area contributed by atoms with Gasteiger partial charge in [-0.2, -0.15) is 0 Å². The van der Waals surface area contributed by atoms with Crippen molar-refractivity contribution in [3.8, 4) is 11.1 Å². The first-order chi connectivity index (χ1) is 10.7. The number of nitrogens with zero attached hydrogens (tertiary/aromatic N) is 1. The molecular weight excluding hydrogens is 276 g/mol. The molecule has 1 amide bonds. The molecule has 0 atom stereocenters. The van der Waals surface area contributed by atoms with Gasteiger partial charge in [0.25, 0.3) is 0 Å². The number of carbonyl (C=O) groups excluding carboxylic acids is 1. The highest BCUT2D eigenvalue weighted by molar-refractivity contribution is 5.79. The van der Waals surface area contributed by atoms with E-state index in [1.807, 2.05) is 24.3 Å². The molecule has 4 heteroatoms. The van der Waals surface area contributed by atoms with Crippen LogP contribution in [-0.4, -0.2) is 37.7 Å². The van der Waals surface area contributed by atoms with E-state index in [1.165, 1.54) is 27.2 Å². The molecule has 114 valence electrons. The summed E-state index contributed by atoms with van der Waals surface area (Å²) in [4.78, 5) is 13.5. The molecule has 0 bridgehead atoms. The van der Waals surface area contributed by atoms with E-state index in [4.69, 9.17) is 10.5 Å². The fourth-order valence-corrected chi connectivity index (χ4v) is 2.99. The summed E-state index contributed by atoms with van der Waals surface area (Å²) in [7, 11) is 1.70. The summed E-state index contributed by atoms with van der Waals surface area (Å²) in [5, 5.41) is 0. The number of likely N-dealkylation sites (N-methyl/N-ethyl adjacent to an activating group) is 1. The van der Waals surface area contributed by atoms with Gasteiger partial charge in [0.1, 0.15) is 6.61 Å². The van der Waals surface area contributed by atoms with E-state index in [2.05, 4.69) is 24.3 Å². The first-order valence-electron chi connectivity index (χ1n) is 7.48. The number of benzene rings is 2.